The summed E-state index contributed by atoms with van der Waals surface area (Å²) in [4.78, 5) is 20.7. The minimum atomic E-state index is -0.569. The molecule has 1 amide bonds. The molecule has 3 aromatic heterocycles. The van der Waals surface area contributed by atoms with Gasteiger partial charge in [-0.2, -0.15) is 0 Å². The van der Waals surface area contributed by atoms with E-state index >= 15 is 0 Å². The summed E-state index contributed by atoms with van der Waals surface area (Å²) < 4.78 is 1.75. The highest BCUT2D eigenvalue weighted by Gasteiger charge is 2.13. The summed E-state index contributed by atoms with van der Waals surface area (Å²) in [5, 5.41) is 9.86. The molecular weight excluding hydrogens is 400 g/mol. The second-order valence-electron chi connectivity index (χ2n) is 6.84. The number of hydrogen-bond acceptors (Lipinski definition) is 5. The van der Waals surface area contributed by atoms with Crippen molar-refractivity contribution in [3.05, 3.63) is 83.0 Å². The third kappa shape index (κ3) is 3.15. The molecular formula is C22H15ClN6O. The fraction of sp³-hybridized carbons (Fsp3) is 0.0455. The number of hydrogen-bond donors (Lipinski definition) is 1. The highest BCUT2D eigenvalue weighted by Crippen LogP contribution is 2.26. The molecule has 0 aliphatic rings. The quantitative estimate of drug-likeness (QED) is 0.481. The number of nitrogens with two attached hydrogens (primary N) is 1. The summed E-state index contributed by atoms with van der Waals surface area (Å²) >= 11 is 6.20. The average molecular weight is 415 g/mol. The van der Waals surface area contributed by atoms with Gasteiger partial charge in [0.2, 0.25) is 5.91 Å². The number of pyridine rings is 2. The van der Waals surface area contributed by atoms with Gasteiger partial charge in [-0.1, -0.05) is 47.1 Å². The number of carbonyl (C=O) groups excluding carboxylic acids is 1. The van der Waals surface area contributed by atoms with Crippen LogP contribution >= 0.6 is 11.6 Å². The summed E-state index contributed by atoms with van der Waals surface area (Å²) in [6.45, 7) is 0.489. The molecule has 0 spiro atoms. The second kappa shape index (κ2) is 7.20. The van der Waals surface area contributed by atoms with E-state index in [2.05, 4.69) is 15.3 Å². The lowest BCUT2D eigenvalue weighted by atomic mass is 10.1. The Bertz CT molecular complexity index is 1420. The Hall–Kier alpha value is -3.84. The largest absolute Gasteiger partial charge is 0.366 e. The number of rotatable bonds is 4. The van der Waals surface area contributed by atoms with E-state index in [9.17, 15) is 4.79 Å². The fourth-order valence-electron chi connectivity index (χ4n) is 3.45. The summed E-state index contributed by atoms with van der Waals surface area (Å²) in [6, 6.07) is 18.7. The van der Waals surface area contributed by atoms with Gasteiger partial charge in [0.15, 0.2) is 5.65 Å². The van der Waals surface area contributed by atoms with Crippen LogP contribution in [0.3, 0.4) is 0 Å². The van der Waals surface area contributed by atoms with Gasteiger partial charge in [0.25, 0.3) is 0 Å². The van der Waals surface area contributed by atoms with Crippen LogP contribution in [0.1, 0.15) is 15.9 Å². The first-order valence-electron chi connectivity index (χ1n) is 9.23. The number of nitrogens with zero attached hydrogens (tertiary/aromatic N) is 5. The first kappa shape index (κ1) is 18.2. The standard InChI is InChI=1S/C22H15ClN6O/c23-17-11-14(6-7-16(17)21(24)30)18-8-9-19-22(26-18)29(28-27-19)12-15-4-1-3-13-5-2-10-25-20(13)15/h1-11H,12H2,(H2,24,30). The molecule has 0 radical (unpaired) electrons. The monoisotopic (exact) mass is 414 g/mol. The topological polar surface area (TPSA) is 99.6 Å². The minimum absolute atomic E-state index is 0.275. The molecule has 0 fully saturated rings. The van der Waals surface area contributed by atoms with Gasteiger partial charge in [-0.3, -0.25) is 9.78 Å². The summed E-state index contributed by atoms with van der Waals surface area (Å²) in [5.74, 6) is -0.569. The van der Waals surface area contributed by atoms with Crippen LogP contribution in [0.15, 0.2) is 66.9 Å². The zero-order valence-electron chi connectivity index (χ0n) is 15.7. The van der Waals surface area contributed by atoms with E-state index in [1.807, 2.05) is 42.5 Å². The van der Waals surface area contributed by atoms with E-state index in [1.54, 1.807) is 29.1 Å². The Kier molecular flexibility index (Phi) is 4.37. The van der Waals surface area contributed by atoms with Gasteiger partial charge in [-0.25, -0.2) is 9.67 Å². The van der Waals surface area contributed by atoms with Gasteiger partial charge in [0.1, 0.15) is 5.52 Å². The molecule has 0 atom stereocenters. The van der Waals surface area contributed by atoms with Crippen molar-refractivity contribution in [1.82, 2.24) is 25.0 Å². The SMILES string of the molecule is NC(=O)c1ccc(-c2ccc3nnn(Cc4cccc5cccnc45)c3n2)cc1Cl. The van der Waals surface area contributed by atoms with Crippen LogP contribution in [0.2, 0.25) is 5.02 Å². The van der Waals surface area contributed by atoms with Gasteiger partial charge >= 0.3 is 0 Å². The Balaban J connectivity index is 1.57. The number of amides is 1. The normalized spacial score (nSPS) is 11.2. The van der Waals surface area contributed by atoms with Crippen LogP contribution < -0.4 is 5.73 Å². The van der Waals surface area contributed by atoms with Crippen LogP contribution in [0, 0.1) is 0 Å². The van der Waals surface area contributed by atoms with Crippen LogP contribution in [0.25, 0.3) is 33.3 Å². The third-order valence-corrected chi connectivity index (χ3v) is 5.24. The second-order valence-corrected chi connectivity index (χ2v) is 7.24. The van der Waals surface area contributed by atoms with E-state index in [4.69, 9.17) is 22.3 Å². The van der Waals surface area contributed by atoms with Crippen molar-refractivity contribution >= 4 is 39.6 Å². The van der Waals surface area contributed by atoms with Gasteiger partial charge in [0, 0.05) is 17.1 Å². The molecule has 3 heterocycles. The highest BCUT2D eigenvalue weighted by molar-refractivity contribution is 6.34. The van der Waals surface area contributed by atoms with Crippen molar-refractivity contribution in [2.75, 3.05) is 0 Å². The number of para-hydroxylation sites is 1. The molecule has 5 rings (SSSR count). The molecule has 0 bridgehead atoms. The van der Waals surface area contributed by atoms with Gasteiger partial charge in [-0.05, 0) is 35.9 Å². The number of fused-ring (bicyclic) bond motifs is 2. The summed E-state index contributed by atoms with van der Waals surface area (Å²) in [5.41, 5.74) is 10.4. The number of aromatic nitrogens is 5. The molecule has 0 saturated carbocycles. The Morgan fingerprint density at radius 1 is 1.07 bits per heavy atom. The Morgan fingerprint density at radius 3 is 2.77 bits per heavy atom. The first-order chi connectivity index (χ1) is 14.6. The summed E-state index contributed by atoms with van der Waals surface area (Å²) in [7, 11) is 0. The highest BCUT2D eigenvalue weighted by atomic mass is 35.5. The zero-order valence-corrected chi connectivity index (χ0v) is 16.4. The molecule has 30 heavy (non-hydrogen) atoms. The van der Waals surface area contributed by atoms with Crippen molar-refractivity contribution < 1.29 is 4.79 Å². The Morgan fingerprint density at radius 2 is 1.93 bits per heavy atom. The van der Waals surface area contributed by atoms with E-state index < -0.39 is 5.91 Å². The van der Waals surface area contributed by atoms with E-state index in [0.717, 1.165) is 22.0 Å². The van der Waals surface area contributed by atoms with Crippen molar-refractivity contribution in [2.45, 2.75) is 6.54 Å². The average Bonchev–Trinajstić information content (AvgIpc) is 3.16. The van der Waals surface area contributed by atoms with Gasteiger partial charge in [0.05, 0.1) is 28.3 Å². The smallest absolute Gasteiger partial charge is 0.250 e. The number of carbonyl (C=O) groups is 1. The molecule has 2 N–H and O–H groups in total. The predicted octanol–water partition coefficient (Wildman–Crippen LogP) is 3.84. The van der Waals surface area contributed by atoms with Crippen LogP contribution in [-0.2, 0) is 6.54 Å². The van der Waals surface area contributed by atoms with Crippen molar-refractivity contribution in [1.29, 1.82) is 0 Å². The number of primary amides is 1. The van der Waals surface area contributed by atoms with Gasteiger partial charge in [-0.15, -0.1) is 5.10 Å². The molecule has 7 nitrogen and oxygen atoms in total. The van der Waals surface area contributed by atoms with E-state index in [-0.39, 0.29) is 10.6 Å². The number of benzene rings is 2. The molecule has 5 aromatic rings. The zero-order chi connectivity index (χ0) is 20.7. The van der Waals surface area contributed by atoms with Gasteiger partial charge < -0.3 is 5.73 Å². The lowest BCUT2D eigenvalue weighted by Crippen LogP contribution is -2.11. The maximum atomic E-state index is 11.4. The Labute approximate surface area is 176 Å². The molecule has 8 heteroatoms. The lowest BCUT2D eigenvalue weighted by molar-refractivity contribution is 0.100. The van der Waals surface area contributed by atoms with Crippen LogP contribution in [0.4, 0.5) is 0 Å². The molecule has 146 valence electrons. The minimum Gasteiger partial charge on any atom is -0.366 e. The lowest BCUT2D eigenvalue weighted by Gasteiger charge is -2.07. The molecule has 0 saturated heterocycles. The fourth-order valence-corrected chi connectivity index (χ4v) is 3.73. The molecule has 0 unspecified atom stereocenters. The number of halogens is 1. The van der Waals surface area contributed by atoms with Crippen LogP contribution in [0.5, 0.6) is 0 Å². The summed E-state index contributed by atoms with van der Waals surface area (Å²) in [6.07, 6.45) is 1.78. The molecule has 0 aliphatic carbocycles. The maximum Gasteiger partial charge on any atom is 0.250 e. The van der Waals surface area contributed by atoms with E-state index in [0.29, 0.717) is 23.4 Å². The van der Waals surface area contributed by atoms with Crippen molar-refractivity contribution in [3.8, 4) is 11.3 Å². The van der Waals surface area contributed by atoms with Crippen molar-refractivity contribution in [3.63, 3.8) is 0 Å². The van der Waals surface area contributed by atoms with Crippen LogP contribution in [-0.4, -0.2) is 30.9 Å². The van der Waals surface area contributed by atoms with E-state index in [1.165, 1.54) is 0 Å². The predicted molar refractivity (Wildman–Crippen MR) is 115 cm³/mol. The molecule has 0 aliphatic heterocycles. The van der Waals surface area contributed by atoms with Crippen molar-refractivity contribution in [2.24, 2.45) is 5.73 Å². The molecule has 2 aromatic carbocycles. The first-order valence-corrected chi connectivity index (χ1v) is 9.60. The third-order valence-electron chi connectivity index (χ3n) is 4.93. The maximum absolute atomic E-state index is 11.4.